The lowest BCUT2D eigenvalue weighted by molar-refractivity contribution is -0.141. The van der Waals surface area contributed by atoms with Crippen LogP contribution in [-0.4, -0.2) is 11.1 Å². The second-order valence-electron chi connectivity index (χ2n) is 7.63. The van der Waals surface area contributed by atoms with Crippen molar-refractivity contribution < 1.29 is 19.0 Å². The Balaban J connectivity index is 1.52. The highest BCUT2D eigenvalue weighted by Gasteiger charge is 2.22. The van der Waals surface area contributed by atoms with Crippen molar-refractivity contribution in [2.75, 3.05) is 0 Å². The molecule has 4 heteroatoms. The van der Waals surface area contributed by atoms with E-state index < -0.39 is 11.9 Å². The number of rotatable bonds is 5. The summed E-state index contributed by atoms with van der Waals surface area (Å²) >= 11 is 0. The van der Waals surface area contributed by atoms with E-state index in [1.54, 1.807) is 19.1 Å². The van der Waals surface area contributed by atoms with Gasteiger partial charge in [0.2, 0.25) is 0 Å². The van der Waals surface area contributed by atoms with Crippen molar-refractivity contribution in [3.05, 3.63) is 89.2 Å². The number of benzene rings is 3. The van der Waals surface area contributed by atoms with Crippen LogP contribution in [-0.2, 0) is 17.6 Å². The molecule has 0 saturated heterocycles. The lowest BCUT2D eigenvalue weighted by Gasteiger charge is -2.27. The van der Waals surface area contributed by atoms with E-state index in [0.717, 1.165) is 40.8 Å². The molecule has 1 N–H and O–H groups in total. The van der Waals surface area contributed by atoms with Crippen molar-refractivity contribution in [3.8, 4) is 16.9 Å². The van der Waals surface area contributed by atoms with Crippen LogP contribution in [0, 0.1) is 11.7 Å². The van der Waals surface area contributed by atoms with Crippen LogP contribution in [0.25, 0.3) is 11.1 Å². The molecule has 1 heterocycles. The van der Waals surface area contributed by atoms with E-state index in [1.165, 1.54) is 6.07 Å². The van der Waals surface area contributed by atoms with Crippen LogP contribution in [0.3, 0.4) is 0 Å². The molecular weight excluding hydrogens is 367 g/mol. The molecule has 3 aromatic carbocycles. The number of fused-ring (bicyclic) bond motifs is 1. The summed E-state index contributed by atoms with van der Waals surface area (Å²) in [4.78, 5) is 11.1. The van der Waals surface area contributed by atoms with Gasteiger partial charge in [-0.3, -0.25) is 4.79 Å². The Hall–Kier alpha value is -3.14. The van der Waals surface area contributed by atoms with Crippen LogP contribution in [0.5, 0.6) is 5.75 Å². The topological polar surface area (TPSA) is 46.5 Å². The summed E-state index contributed by atoms with van der Waals surface area (Å²) in [6.45, 7) is 1.71. The summed E-state index contributed by atoms with van der Waals surface area (Å²) in [7, 11) is 0. The fourth-order valence-electron chi connectivity index (χ4n) is 3.79. The van der Waals surface area contributed by atoms with Gasteiger partial charge in [-0.25, -0.2) is 4.39 Å². The van der Waals surface area contributed by atoms with Crippen molar-refractivity contribution in [3.63, 3.8) is 0 Å². The highest BCUT2D eigenvalue weighted by molar-refractivity contribution is 5.70. The van der Waals surface area contributed by atoms with Crippen molar-refractivity contribution in [2.45, 2.75) is 32.3 Å². The summed E-state index contributed by atoms with van der Waals surface area (Å²) in [5.74, 6) is -0.629. The normalized spacial score (nSPS) is 16.6. The van der Waals surface area contributed by atoms with Crippen molar-refractivity contribution in [1.82, 2.24) is 0 Å². The van der Waals surface area contributed by atoms with Crippen LogP contribution in [0.2, 0.25) is 0 Å². The molecule has 3 aromatic rings. The molecule has 0 fully saturated rings. The van der Waals surface area contributed by atoms with E-state index >= 15 is 0 Å². The zero-order valence-corrected chi connectivity index (χ0v) is 16.3. The molecule has 1 aliphatic heterocycles. The molecule has 0 aliphatic carbocycles. The molecule has 0 spiro atoms. The Morgan fingerprint density at radius 1 is 1.14 bits per heavy atom. The Labute approximate surface area is 169 Å². The van der Waals surface area contributed by atoms with Gasteiger partial charge in [0.15, 0.2) is 0 Å². The number of ether oxygens (including phenoxy) is 1. The predicted molar refractivity (Wildman–Crippen MR) is 110 cm³/mol. The Morgan fingerprint density at radius 3 is 2.62 bits per heavy atom. The maximum Gasteiger partial charge on any atom is 0.306 e. The first-order chi connectivity index (χ1) is 14.0. The lowest BCUT2D eigenvalue weighted by Crippen LogP contribution is -2.16. The van der Waals surface area contributed by atoms with E-state index in [9.17, 15) is 9.18 Å². The standard InChI is InChI=1S/C25H23FO3/c1-16(25(27)28)14-17-6-7-20-12-13-23(29-24(20)15-17)19-10-8-18(9-11-19)21-4-2-3-5-22(21)26/h2-11,15-16,23H,12-14H2,1H3,(H,27,28). The van der Waals surface area contributed by atoms with E-state index in [2.05, 4.69) is 0 Å². The predicted octanol–water partition coefficient (Wildman–Crippen LogP) is 5.82. The minimum Gasteiger partial charge on any atom is -0.485 e. The third-order valence-corrected chi connectivity index (χ3v) is 5.51. The van der Waals surface area contributed by atoms with E-state index in [0.29, 0.717) is 12.0 Å². The molecular formula is C25H23FO3. The average molecular weight is 390 g/mol. The number of aliphatic carboxylic acids is 1. The molecule has 2 unspecified atom stereocenters. The zero-order valence-electron chi connectivity index (χ0n) is 16.3. The smallest absolute Gasteiger partial charge is 0.306 e. The largest absolute Gasteiger partial charge is 0.485 e. The van der Waals surface area contributed by atoms with Crippen LogP contribution in [0.4, 0.5) is 4.39 Å². The van der Waals surface area contributed by atoms with Gasteiger partial charge in [0.1, 0.15) is 17.7 Å². The SMILES string of the molecule is CC(Cc1ccc2c(c1)OC(c1ccc(-c3ccccc3F)cc1)CC2)C(=O)O. The average Bonchev–Trinajstić information content (AvgIpc) is 2.73. The minimum atomic E-state index is -0.795. The first-order valence-corrected chi connectivity index (χ1v) is 9.87. The molecule has 3 nitrogen and oxygen atoms in total. The summed E-state index contributed by atoms with van der Waals surface area (Å²) < 4.78 is 20.3. The van der Waals surface area contributed by atoms with Crippen molar-refractivity contribution in [2.24, 2.45) is 5.92 Å². The third-order valence-electron chi connectivity index (χ3n) is 5.51. The van der Waals surface area contributed by atoms with Crippen LogP contribution >= 0.6 is 0 Å². The van der Waals surface area contributed by atoms with Crippen LogP contribution in [0.1, 0.15) is 36.1 Å². The first kappa shape index (κ1) is 19.2. The molecule has 4 rings (SSSR count). The summed E-state index contributed by atoms with van der Waals surface area (Å²) in [5.41, 5.74) is 4.60. The van der Waals surface area contributed by atoms with Gasteiger partial charge in [-0.1, -0.05) is 61.5 Å². The van der Waals surface area contributed by atoms with Crippen LogP contribution < -0.4 is 4.74 Å². The molecule has 0 aromatic heterocycles. The van der Waals surface area contributed by atoms with Gasteiger partial charge in [0.25, 0.3) is 0 Å². The summed E-state index contributed by atoms with van der Waals surface area (Å²) in [6.07, 6.45) is 2.19. The van der Waals surface area contributed by atoms with Crippen molar-refractivity contribution in [1.29, 1.82) is 0 Å². The summed E-state index contributed by atoms with van der Waals surface area (Å²) in [6, 6.07) is 20.6. The quantitative estimate of drug-likeness (QED) is 0.597. The molecule has 0 radical (unpaired) electrons. The molecule has 0 bridgehead atoms. The fraction of sp³-hybridized carbons (Fsp3) is 0.240. The molecule has 0 saturated carbocycles. The van der Waals surface area contributed by atoms with Crippen molar-refractivity contribution >= 4 is 5.97 Å². The molecule has 2 atom stereocenters. The monoisotopic (exact) mass is 390 g/mol. The van der Waals surface area contributed by atoms with Gasteiger partial charge >= 0.3 is 5.97 Å². The Bertz CT molecular complexity index is 1030. The highest BCUT2D eigenvalue weighted by atomic mass is 19.1. The maximum atomic E-state index is 14.0. The number of carboxylic acids is 1. The van der Waals surface area contributed by atoms with E-state index in [-0.39, 0.29) is 11.9 Å². The van der Waals surface area contributed by atoms with Gasteiger partial charge in [0.05, 0.1) is 5.92 Å². The van der Waals surface area contributed by atoms with E-state index in [4.69, 9.17) is 9.84 Å². The first-order valence-electron chi connectivity index (χ1n) is 9.87. The second kappa shape index (κ2) is 8.08. The maximum absolute atomic E-state index is 14.0. The third kappa shape index (κ3) is 4.16. The van der Waals surface area contributed by atoms with Gasteiger partial charge in [-0.15, -0.1) is 0 Å². The fourth-order valence-corrected chi connectivity index (χ4v) is 3.79. The Morgan fingerprint density at radius 2 is 1.90 bits per heavy atom. The van der Waals surface area contributed by atoms with E-state index in [1.807, 2.05) is 48.5 Å². The van der Waals surface area contributed by atoms with Gasteiger partial charge in [0, 0.05) is 5.56 Å². The number of halogens is 1. The molecule has 148 valence electrons. The zero-order chi connectivity index (χ0) is 20.4. The number of hydrogen-bond donors (Lipinski definition) is 1. The number of carbonyl (C=O) groups is 1. The number of aryl methyl sites for hydroxylation is 1. The minimum absolute atomic E-state index is 0.0654. The van der Waals surface area contributed by atoms with Crippen LogP contribution in [0.15, 0.2) is 66.7 Å². The van der Waals surface area contributed by atoms with Gasteiger partial charge in [-0.2, -0.15) is 0 Å². The number of carboxylic acid groups (broad SMARTS) is 1. The molecule has 29 heavy (non-hydrogen) atoms. The summed E-state index contributed by atoms with van der Waals surface area (Å²) in [5, 5.41) is 9.14. The highest BCUT2D eigenvalue weighted by Crippen LogP contribution is 2.36. The lowest BCUT2D eigenvalue weighted by atomic mass is 9.93. The Kier molecular flexibility index (Phi) is 5.34. The molecule has 0 amide bonds. The molecule has 1 aliphatic rings. The van der Waals surface area contributed by atoms with Gasteiger partial charge in [-0.05, 0) is 53.6 Å². The number of hydrogen-bond acceptors (Lipinski definition) is 2. The van der Waals surface area contributed by atoms with Gasteiger partial charge < -0.3 is 9.84 Å². The second-order valence-corrected chi connectivity index (χ2v) is 7.63.